The van der Waals surface area contributed by atoms with Gasteiger partial charge in [0, 0.05) is 37.5 Å². The van der Waals surface area contributed by atoms with Gasteiger partial charge in [0.1, 0.15) is 24.5 Å². The zero-order valence-corrected chi connectivity index (χ0v) is 16.1. The van der Waals surface area contributed by atoms with Crippen molar-refractivity contribution >= 4 is 16.9 Å². The summed E-state index contributed by atoms with van der Waals surface area (Å²) < 4.78 is 7.89. The van der Waals surface area contributed by atoms with Crippen LogP contribution in [0, 0.1) is 0 Å². The first kappa shape index (κ1) is 18.9. The molecule has 0 amide bonds. The Morgan fingerprint density at radius 3 is 2.69 bits per heavy atom. The second-order valence-electron chi connectivity index (χ2n) is 6.62. The Labute approximate surface area is 169 Å². The highest BCUT2D eigenvalue weighted by Crippen LogP contribution is 2.34. The summed E-state index contributed by atoms with van der Waals surface area (Å²) in [7, 11) is 0. The van der Waals surface area contributed by atoms with E-state index in [2.05, 4.69) is 27.4 Å². The number of hydrogen-bond acceptors (Lipinski definition) is 6. The van der Waals surface area contributed by atoms with Crippen molar-refractivity contribution in [3.05, 3.63) is 67.1 Å². The highest BCUT2D eigenvalue weighted by atomic mass is 16.5. The quantitative estimate of drug-likeness (QED) is 0.401. The first-order valence-electron chi connectivity index (χ1n) is 9.59. The molecule has 4 rings (SSSR count). The zero-order chi connectivity index (χ0) is 20.1. The molecule has 0 atom stereocenters. The number of hydrogen-bond donors (Lipinski definition) is 3. The summed E-state index contributed by atoms with van der Waals surface area (Å²) in [6, 6.07) is 18.0. The highest BCUT2D eigenvalue weighted by Gasteiger charge is 2.16. The lowest BCUT2D eigenvalue weighted by Gasteiger charge is -2.10. The molecule has 7 nitrogen and oxygen atoms in total. The molecular formula is C22H24N6O. The molecular weight excluding hydrogens is 364 g/mol. The monoisotopic (exact) mass is 388 g/mol. The van der Waals surface area contributed by atoms with Crippen molar-refractivity contribution in [3.63, 3.8) is 0 Å². The standard InChI is InChI=1S/C22H24N6O/c23-9-10-25-11-12-29-18-8-4-7-17(13-18)28-14-19(16-5-2-1-3-6-16)20-21(24)26-15-27-22(20)28/h1-8,13-15,25H,9-12,23H2,(H2,24,26,27). The van der Waals surface area contributed by atoms with Crippen molar-refractivity contribution in [2.24, 2.45) is 5.73 Å². The van der Waals surface area contributed by atoms with Gasteiger partial charge in [-0.1, -0.05) is 36.4 Å². The normalized spacial score (nSPS) is 11.1. The van der Waals surface area contributed by atoms with Crippen LogP contribution in [0.15, 0.2) is 67.1 Å². The molecule has 0 aliphatic carbocycles. The van der Waals surface area contributed by atoms with Gasteiger partial charge in [-0.15, -0.1) is 0 Å². The molecule has 0 radical (unpaired) electrons. The number of fused-ring (bicyclic) bond motifs is 1. The van der Waals surface area contributed by atoms with E-state index < -0.39 is 0 Å². The Bertz CT molecular complexity index is 1090. The first-order chi connectivity index (χ1) is 14.3. The van der Waals surface area contributed by atoms with Gasteiger partial charge in [0.25, 0.3) is 0 Å². The molecule has 0 spiro atoms. The number of aromatic nitrogens is 3. The van der Waals surface area contributed by atoms with E-state index in [9.17, 15) is 0 Å². The average molecular weight is 388 g/mol. The predicted molar refractivity (Wildman–Crippen MR) is 116 cm³/mol. The van der Waals surface area contributed by atoms with Crippen molar-refractivity contribution in [1.82, 2.24) is 19.9 Å². The summed E-state index contributed by atoms with van der Waals surface area (Å²) in [4.78, 5) is 8.70. The van der Waals surface area contributed by atoms with Crippen LogP contribution in [0.3, 0.4) is 0 Å². The zero-order valence-electron chi connectivity index (χ0n) is 16.1. The summed E-state index contributed by atoms with van der Waals surface area (Å²) in [5.74, 6) is 1.26. The lowest BCUT2D eigenvalue weighted by Crippen LogP contribution is -2.26. The number of anilines is 1. The Kier molecular flexibility index (Phi) is 5.69. The summed E-state index contributed by atoms with van der Waals surface area (Å²) in [6.07, 6.45) is 3.54. The maximum Gasteiger partial charge on any atom is 0.150 e. The predicted octanol–water partition coefficient (Wildman–Crippen LogP) is 2.60. The molecule has 0 aliphatic rings. The topological polar surface area (TPSA) is 104 Å². The van der Waals surface area contributed by atoms with E-state index in [1.54, 1.807) is 0 Å². The van der Waals surface area contributed by atoms with Crippen LogP contribution in [0.1, 0.15) is 0 Å². The van der Waals surface area contributed by atoms with Crippen LogP contribution in [0.5, 0.6) is 5.75 Å². The number of benzene rings is 2. The molecule has 29 heavy (non-hydrogen) atoms. The number of nitrogens with one attached hydrogen (secondary N) is 1. The fraction of sp³-hybridized carbons (Fsp3) is 0.182. The highest BCUT2D eigenvalue weighted by molar-refractivity contribution is 6.01. The van der Waals surface area contributed by atoms with Gasteiger partial charge in [0.05, 0.1) is 11.1 Å². The van der Waals surface area contributed by atoms with Crippen molar-refractivity contribution in [1.29, 1.82) is 0 Å². The third-order valence-electron chi connectivity index (χ3n) is 4.66. The largest absolute Gasteiger partial charge is 0.492 e. The number of nitrogen functional groups attached to an aromatic ring is 1. The molecule has 0 saturated carbocycles. The van der Waals surface area contributed by atoms with Crippen molar-refractivity contribution in [2.75, 3.05) is 32.0 Å². The van der Waals surface area contributed by atoms with Crippen LogP contribution in [0.4, 0.5) is 5.82 Å². The van der Waals surface area contributed by atoms with E-state index in [0.717, 1.165) is 46.7 Å². The van der Waals surface area contributed by atoms with Gasteiger partial charge in [0.2, 0.25) is 0 Å². The minimum atomic E-state index is 0.464. The number of rotatable bonds is 8. The van der Waals surface area contributed by atoms with Gasteiger partial charge < -0.3 is 26.1 Å². The molecule has 2 aromatic carbocycles. The van der Waals surface area contributed by atoms with Gasteiger partial charge in [-0.05, 0) is 17.7 Å². The summed E-state index contributed by atoms with van der Waals surface area (Å²) in [5.41, 5.74) is 15.5. The lowest BCUT2D eigenvalue weighted by atomic mass is 10.1. The summed E-state index contributed by atoms with van der Waals surface area (Å²) in [5, 5.41) is 4.06. The van der Waals surface area contributed by atoms with E-state index in [4.69, 9.17) is 16.2 Å². The number of nitrogens with two attached hydrogens (primary N) is 2. The third-order valence-corrected chi connectivity index (χ3v) is 4.66. The molecule has 2 heterocycles. The van der Waals surface area contributed by atoms with Gasteiger partial charge in [-0.25, -0.2) is 9.97 Å². The fourth-order valence-corrected chi connectivity index (χ4v) is 3.31. The molecule has 7 heteroatoms. The minimum absolute atomic E-state index is 0.464. The molecule has 4 aromatic rings. The second kappa shape index (κ2) is 8.72. The van der Waals surface area contributed by atoms with Crippen LogP contribution in [0.25, 0.3) is 27.8 Å². The number of nitrogens with zero attached hydrogens (tertiary/aromatic N) is 3. The Morgan fingerprint density at radius 2 is 1.86 bits per heavy atom. The van der Waals surface area contributed by atoms with Crippen LogP contribution in [0.2, 0.25) is 0 Å². The second-order valence-corrected chi connectivity index (χ2v) is 6.62. The van der Waals surface area contributed by atoms with E-state index in [1.165, 1.54) is 6.33 Å². The summed E-state index contributed by atoms with van der Waals surface area (Å²) in [6.45, 7) is 2.71. The van der Waals surface area contributed by atoms with Crippen LogP contribution in [-0.2, 0) is 0 Å². The first-order valence-corrected chi connectivity index (χ1v) is 9.59. The van der Waals surface area contributed by atoms with E-state index in [1.807, 2.05) is 53.2 Å². The maximum atomic E-state index is 6.22. The summed E-state index contributed by atoms with van der Waals surface area (Å²) >= 11 is 0. The van der Waals surface area contributed by atoms with E-state index in [-0.39, 0.29) is 0 Å². The van der Waals surface area contributed by atoms with Gasteiger partial charge in [-0.3, -0.25) is 0 Å². The van der Waals surface area contributed by atoms with Gasteiger partial charge >= 0.3 is 0 Å². The minimum Gasteiger partial charge on any atom is -0.492 e. The molecule has 2 aromatic heterocycles. The number of ether oxygens (including phenoxy) is 1. The fourth-order valence-electron chi connectivity index (χ4n) is 3.31. The molecule has 0 unspecified atom stereocenters. The average Bonchev–Trinajstić information content (AvgIpc) is 3.16. The van der Waals surface area contributed by atoms with Gasteiger partial charge in [0.15, 0.2) is 5.65 Å². The lowest BCUT2D eigenvalue weighted by molar-refractivity contribution is 0.315. The van der Waals surface area contributed by atoms with Crippen molar-refractivity contribution < 1.29 is 4.74 Å². The van der Waals surface area contributed by atoms with Crippen molar-refractivity contribution in [2.45, 2.75) is 0 Å². The van der Waals surface area contributed by atoms with E-state index in [0.29, 0.717) is 19.0 Å². The SMILES string of the molecule is NCCNCCOc1cccc(-n2cc(-c3ccccc3)c3c(N)ncnc32)c1. The third kappa shape index (κ3) is 4.06. The Morgan fingerprint density at radius 1 is 1.00 bits per heavy atom. The molecule has 0 fully saturated rings. The molecule has 0 saturated heterocycles. The maximum absolute atomic E-state index is 6.22. The molecule has 148 valence electrons. The van der Waals surface area contributed by atoms with Crippen molar-refractivity contribution in [3.8, 4) is 22.6 Å². The Balaban J connectivity index is 1.70. The van der Waals surface area contributed by atoms with Gasteiger partial charge in [-0.2, -0.15) is 0 Å². The molecule has 0 aliphatic heterocycles. The smallest absolute Gasteiger partial charge is 0.150 e. The van der Waals surface area contributed by atoms with E-state index >= 15 is 0 Å². The van der Waals surface area contributed by atoms with Crippen LogP contribution < -0.4 is 21.5 Å². The molecule has 5 N–H and O–H groups in total. The Hall–Kier alpha value is -3.42. The van der Waals surface area contributed by atoms with Crippen LogP contribution >= 0.6 is 0 Å². The molecule has 0 bridgehead atoms. The van der Waals surface area contributed by atoms with Crippen LogP contribution in [-0.4, -0.2) is 40.8 Å².